The second-order valence-electron chi connectivity index (χ2n) is 4.81. The number of amides is 1. The van der Waals surface area contributed by atoms with Crippen molar-refractivity contribution in [1.29, 1.82) is 5.26 Å². The highest BCUT2D eigenvalue weighted by Gasteiger charge is 2.18. The van der Waals surface area contributed by atoms with Crippen molar-refractivity contribution in [3.05, 3.63) is 53.9 Å². The number of rotatable bonds is 2. The van der Waals surface area contributed by atoms with Crippen LogP contribution < -0.4 is 10.7 Å². The summed E-state index contributed by atoms with van der Waals surface area (Å²) >= 11 is 0. The van der Waals surface area contributed by atoms with Crippen LogP contribution in [-0.4, -0.2) is 16.6 Å². The highest BCUT2D eigenvalue weighted by atomic mass is 16.1. The molecule has 2 heterocycles. The Labute approximate surface area is 127 Å². The third kappa shape index (κ3) is 2.94. The van der Waals surface area contributed by atoms with Crippen molar-refractivity contribution >= 4 is 23.0 Å². The molecule has 0 aliphatic carbocycles. The molecule has 1 amide bonds. The summed E-state index contributed by atoms with van der Waals surface area (Å²) in [5.74, 6) is -0.0437. The number of anilines is 2. The molecule has 1 aromatic heterocycles. The highest BCUT2D eigenvalue weighted by molar-refractivity contribution is 6.10. The molecule has 0 radical (unpaired) electrons. The fourth-order valence-corrected chi connectivity index (χ4v) is 2.16. The van der Waals surface area contributed by atoms with Gasteiger partial charge in [-0.1, -0.05) is 0 Å². The average Bonchev–Trinajstić information content (AvgIpc) is 2.72. The topological polar surface area (TPSA) is 90.2 Å². The van der Waals surface area contributed by atoms with Crippen LogP contribution in [-0.2, 0) is 4.79 Å². The number of aromatic nitrogens is 1. The second kappa shape index (κ2) is 6.06. The number of pyridine rings is 1. The van der Waals surface area contributed by atoms with Gasteiger partial charge >= 0.3 is 0 Å². The lowest BCUT2D eigenvalue weighted by Gasteiger charge is -2.07. The number of hydrazone groups is 1. The van der Waals surface area contributed by atoms with Crippen LogP contribution >= 0.6 is 0 Å². The van der Waals surface area contributed by atoms with Crippen LogP contribution in [0.1, 0.15) is 24.1 Å². The third-order valence-electron chi connectivity index (χ3n) is 3.28. The number of carbonyl (C=O) groups is 1. The quantitative estimate of drug-likeness (QED) is 0.832. The Morgan fingerprint density at radius 1 is 1.23 bits per heavy atom. The zero-order valence-corrected chi connectivity index (χ0v) is 11.7. The van der Waals surface area contributed by atoms with Gasteiger partial charge in [0.1, 0.15) is 5.69 Å². The first-order chi connectivity index (χ1) is 10.8. The minimum atomic E-state index is -0.0437. The van der Waals surface area contributed by atoms with Gasteiger partial charge in [0.2, 0.25) is 5.91 Å². The van der Waals surface area contributed by atoms with Gasteiger partial charge in [-0.25, -0.2) is 0 Å². The van der Waals surface area contributed by atoms with Crippen LogP contribution in [0.25, 0.3) is 0 Å². The molecular weight excluding hydrogens is 278 g/mol. The Bertz CT molecular complexity index is 774. The van der Waals surface area contributed by atoms with Crippen molar-refractivity contribution in [3.63, 3.8) is 0 Å². The molecule has 6 heteroatoms. The third-order valence-corrected chi connectivity index (χ3v) is 3.28. The first-order valence-electron chi connectivity index (χ1n) is 6.84. The van der Waals surface area contributed by atoms with E-state index in [0.29, 0.717) is 29.8 Å². The van der Waals surface area contributed by atoms with Crippen molar-refractivity contribution in [2.24, 2.45) is 5.10 Å². The van der Waals surface area contributed by atoms with Crippen LogP contribution in [0.2, 0.25) is 0 Å². The summed E-state index contributed by atoms with van der Waals surface area (Å²) < 4.78 is 0. The molecule has 0 fully saturated rings. The van der Waals surface area contributed by atoms with Crippen LogP contribution in [0, 0.1) is 11.3 Å². The van der Waals surface area contributed by atoms with Crippen LogP contribution in [0.15, 0.2) is 47.7 Å². The van der Waals surface area contributed by atoms with E-state index in [1.807, 2.05) is 6.07 Å². The van der Waals surface area contributed by atoms with Gasteiger partial charge in [-0.2, -0.15) is 10.4 Å². The zero-order chi connectivity index (χ0) is 15.4. The van der Waals surface area contributed by atoms with Gasteiger partial charge in [0, 0.05) is 19.0 Å². The molecule has 0 saturated heterocycles. The molecule has 0 atom stereocenters. The summed E-state index contributed by atoms with van der Waals surface area (Å²) in [6.07, 6.45) is 2.55. The van der Waals surface area contributed by atoms with Crippen molar-refractivity contribution < 1.29 is 4.79 Å². The van der Waals surface area contributed by atoms with Gasteiger partial charge in [-0.3, -0.25) is 15.2 Å². The zero-order valence-electron chi connectivity index (χ0n) is 11.7. The maximum atomic E-state index is 11.7. The molecule has 0 spiro atoms. The van der Waals surface area contributed by atoms with Gasteiger partial charge in [0.15, 0.2) is 0 Å². The van der Waals surface area contributed by atoms with Crippen molar-refractivity contribution in [1.82, 2.24) is 4.98 Å². The van der Waals surface area contributed by atoms with Gasteiger partial charge in [-0.05, 0) is 36.4 Å². The van der Waals surface area contributed by atoms with E-state index >= 15 is 0 Å². The smallest absolute Gasteiger partial charge is 0.224 e. The molecule has 0 saturated carbocycles. The van der Waals surface area contributed by atoms with E-state index in [9.17, 15) is 4.79 Å². The van der Waals surface area contributed by atoms with E-state index in [2.05, 4.69) is 26.9 Å². The molecule has 2 N–H and O–H groups in total. The van der Waals surface area contributed by atoms with E-state index in [0.717, 1.165) is 11.4 Å². The van der Waals surface area contributed by atoms with Crippen LogP contribution in [0.3, 0.4) is 0 Å². The monoisotopic (exact) mass is 291 g/mol. The molecule has 1 aliphatic heterocycles. The summed E-state index contributed by atoms with van der Waals surface area (Å²) in [6.45, 7) is 0. The van der Waals surface area contributed by atoms with Gasteiger partial charge in [-0.15, -0.1) is 0 Å². The molecular formula is C16H13N5O. The summed E-state index contributed by atoms with van der Waals surface area (Å²) in [4.78, 5) is 16.0. The largest absolute Gasteiger partial charge is 0.324 e. The minimum Gasteiger partial charge on any atom is -0.324 e. The number of benzene rings is 1. The molecule has 22 heavy (non-hydrogen) atoms. The summed E-state index contributed by atoms with van der Waals surface area (Å²) in [5.41, 5.74) is 6.38. The minimum absolute atomic E-state index is 0.0437. The Hall–Kier alpha value is -3.20. The highest BCUT2D eigenvalue weighted by Crippen LogP contribution is 2.20. The first-order valence-corrected chi connectivity index (χ1v) is 6.84. The van der Waals surface area contributed by atoms with Crippen molar-refractivity contribution in [2.75, 3.05) is 10.7 Å². The van der Waals surface area contributed by atoms with Crippen molar-refractivity contribution in [2.45, 2.75) is 12.8 Å². The van der Waals surface area contributed by atoms with Crippen LogP contribution in [0.5, 0.6) is 0 Å². The lowest BCUT2D eigenvalue weighted by atomic mass is 10.1. The van der Waals surface area contributed by atoms with E-state index in [1.165, 1.54) is 0 Å². The SMILES string of the molecule is N#Cc1ccc(NN=C2CCC(=O)Nc3cccnc32)cc1. The number of nitrogens with zero attached hydrogens (tertiary/aromatic N) is 3. The Balaban J connectivity index is 1.86. The molecule has 0 unspecified atom stereocenters. The molecule has 108 valence electrons. The number of carbonyl (C=O) groups excluding carboxylic acids is 1. The van der Waals surface area contributed by atoms with E-state index in [-0.39, 0.29) is 5.91 Å². The number of hydrogen-bond acceptors (Lipinski definition) is 5. The summed E-state index contributed by atoms with van der Waals surface area (Å²) in [7, 11) is 0. The number of hydrogen-bond donors (Lipinski definition) is 2. The molecule has 1 aromatic carbocycles. The standard InChI is InChI=1S/C16H13N5O/c17-10-11-3-5-12(6-4-11)20-21-14-7-8-15(22)19-13-2-1-9-18-16(13)14/h1-6,9,20H,7-8H2,(H,19,22). The molecule has 1 aliphatic rings. The average molecular weight is 291 g/mol. The molecule has 0 bridgehead atoms. The fourth-order valence-electron chi connectivity index (χ4n) is 2.16. The van der Waals surface area contributed by atoms with Crippen molar-refractivity contribution in [3.8, 4) is 6.07 Å². The maximum absolute atomic E-state index is 11.7. The molecule has 2 aromatic rings. The van der Waals surface area contributed by atoms with Crippen LogP contribution in [0.4, 0.5) is 11.4 Å². The Morgan fingerprint density at radius 3 is 2.82 bits per heavy atom. The number of nitrogens with one attached hydrogen (secondary N) is 2. The van der Waals surface area contributed by atoms with Gasteiger partial charge in [0.05, 0.1) is 28.7 Å². The lowest BCUT2D eigenvalue weighted by molar-refractivity contribution is -0.116. The maximum Gasteiger partial charge on any atom is 0.224 e. The van der Waals surface area contributed by atoms with E-state index in [1.54, 1.807) is 36.5 Å². The second-order valence-corrected chi connectivity index (χ2v) is 4.81. The van der Waals surface area contributed by atoms with E-state index < -0.39 is 0 Å². The molecule has 6 nitrogen and oxygen atoms in total. The lowest BCUT2D eigenvalue weighted by Crippen LogP contribution is -2.09. The predicted molar refractivity (Wildman–Crippen MR) is 83.4 cm³/mol. The normalized spacial score (nSPS) is 15.4. The van der Waals surface area contributed by atoms with E-state index in [4.69, 9.17) is 5.26 Å². The number of fused-ring (bicyclic) bond motifs is 1. The Kier molecular flexibility index (Phi) is 3.79. The van der Waals surface area contributed by atoms with Gasteiger partial charge in [0.25, 0.3) is 0 Å². The summed E-state index contributed by atoms with van der Waals surface area (Å²) in [5, 5.41) is 16.0. The predicted octanol–water partition coefficient (Wildman–Crippen LogP) is 2.50. The summed E-state index contributed by atoms with van der Waals surface area (Å²) in [6, 6.07) is 12.6. The number of nitriles is 1. The van der Waals surface area contributed by atoms with Gasteiger partial charge < -0.3 is 5.32 Å². The fraction of sp³-hybridized carbons (Fsp3) is 0.125. The first kappa shape index (κ1) is 13.8. The molecule has 3 rings (SSSR count). The Morgan fingerprint density at radius 2 is 2.05 bits per heavy atom.